The summed E-state index contributed by atoms with van der Waals surface area (Å²) in [5.74, 6) is -0.611. The highest BCUT2D eigenvalue weighted by Gasteiger charge is 2.30. The Bertz CT molecular complexity index is 1920. The van der Waals surface area contributed by atoms with Crippen LogP contribution in [0.4, 0.5) is 0 Å². The minimum Gasteiger partial charge on any atom is -0.456 e. The molecule has 0 aliphatic rings. The van der Waals surface area contributed by atoms with Gasteiger partial charge in [-0.25, -0.2) is 4.57 Å². The lowest BCUT2D eigenvalue weighted by Gasteiger charge is -2.27. The molecule has 0 aromatic heterocycles. The number of allylic oxidation sites excluding steroid dienone is 21. The predicted molar refractivity (Wildman–Crippen MR) is 369 cm³/mol. The lowest BCUT2D eigenvalue weighted by molar-refractivity contribution is -0.870. The first kappa shape index (κ1) is 81.2. The van der Waals surface area contributed by atoms with Gasteiger partial charge in [0.15, 0.2) is 0 Å². The van der Waals surface area contributed by atoms with Crippen LogP contribution < -0.4 is 5.32 Å². The number of rotatable bonds is 61. The second-order valence-corrected chi connectivity index (χ2v) is 25.4. The molecule has 1 amide bonds. The van der Waals surface area contributed by atoms with Crippen molar-refractivity contribution >= 4 is 19.7 Å². The molecule has 9 nitrogen and oxygen atoms in total. The van der Waals surface area contributed by atoms with Crippen molar-refractivity contribution in [1.29, 1.82) is 0 Å². The summed E-state index contributed by atoms with van der Waals surface area (Å²) in [5, 5.41) is 3.01. The van der Waals surface area contributed by atoms with E-state index in [4.69, 9.17) is 13.8 Å². The highest BCUT2D eigenvalue weighted by atomic mass is 31.2. The Morgan fingerprint density at radius 2 is 0.765 bits per heavy atom. The summed E-state index contributed by atoms with van der Waals surface area (Å²) in [6, 6.07) is -0.900. The molecule has 3 atom stereocenters. The number of ether oxygens (including phenoxy) is 1. The van der Waals surface area contributed by atoms with Gasteiger partial charge in [0, 0.05) is 12.8 Å². The monoisotopic (exact) mass is 1200 g/mol. The van der Waals surface area contributed by atoms with E-state index in [-0.39, 0.29) is 37.9 Å². The van der Waals surface area contributed by atoms with Gasteiger partial charge in [0.25, 0.3) is 0 Å². The SMILES string of the molecule is CC/C=C\C/C=C\C/C=C\C/C=C\C/C=C\C/C=C\CCC(=O)NC(COP(=O)(O)OCC[N+](C)(C)C)C(/C=C\CCCCCCCCCCCCC)OC(=O)CCCCCCCCCCCCC/C=C\C/C=C\C/C=C\C/C=C\CCCCC. The van der Waals surface area contributed by atoms with Gasteiger partial charge in [0.1, 0.15) is 19.3 Å². The van der Waals surface area contributed by atoms with Crippen molar-refractivity contribution in [3.8, 4) is 0 Å². The Morgan fingerprint density at radius 1 is 0.424 bits per heavy atom. The number of esters is 1. The van der Waals surface area contributed by atoms with E-state index in [1.54, 1.807) is 0 Å². The summed E-state index contributed by atoms with van der Waals surface area (Å²) in [4.78, 5) is 37.8. The molecule has 2 N–H and O–H groups in total. The summed E-state index contributed by atoms with van der Waals surface area (Å²) in [6.45, 7) is 6.81. The molecular weight excluding hydrogens is 1070 g/mol. The van der Waals surface area contributed by atoms with Gasteiger partial charge in [-0.3, -0.25) is 18.6 Å². The maximum atomic E-state index is 13.6. The number of phosphoric acid groups is 1. The second-order valence-electron chi connectivity index (χ2n) is 24.0. The Morgan fingerprint density at radius 3 is 1.18 bits per heavy atom. The Balaban J connectivity index is 5.22. The molecule has 0 aliphatic heterocycles. The van der Waals surface area contributed by atoms with Gasteiger partial charge in [0.05, 0.1) is 33.8 Å². The van der Waals surface area contributed by atoms with Crippen molar-refractivity contribution < 1.29 is 37.3 Å². The van der Waals surface area contributed by atoms with Gasteiger partial charge in [-0.1, -0.05) is 283 Å². The van der Waals surface area contributed by atoms with Gasteiger partial charge in [0.2, 0.25) is 5.91 Å². The number of hydrogen-bond acceptors (Lipinski definition) is 6. The molecule has 0 radical (unpaired) electrons. The normalized spacial score (nSPS) is 14.4. The van der Waals surface area contributed by atoms with Crippen molar-refractivity contribution in [3.63, 3.8) is 0 Å². The highest BCUT2D eigenvalue weighted by molar-refractivity contribution is 7.47. The Labute approximate surface area is 524 Å². The van der Waals surface area contributed by atoms with Gasteiger partial charge < -0.3 is 19.4 Å². The third kappa shape index (κ3) is 64.5. The number of carbonyl (C=O) groups excluding carboxylic acids is 2. The lowest BCUT2D eigenvalue weighted by Crippen LogP contribution is -2.47. The molecule has 0 saturated heterocycles. The predicted octanol–water partition coefficient (Wildman–Crippen LogP) is 22.0. The standard InChI is InChI=1S/C75H129N2O7P/c1-7-10-13-16-19-22-25-28-30-32-34-35-36-37-38-39-40-41-43-45-47-50-53-56-59-62-65-68-75(79)84-73(66-63-60-57-54-51-48-27-24-21-18-15-12-9-3)72(71-83-85(80,81)82-70-69-77(4,5)6)76-74(78)67-64-61-58-55-52-49-46-44-42-33-31-29-26-23-20-17-14-11-8-2/h11,14,19-20,22-23,28-31,34-35,37-38,42,44,49,52,58,61,63,66,72-73H,7-10,12-13,15-18,21,24-27,32-33,36,39-41,43,45-48,50-51,53-57,59-60,62,64-65,67-71H2,1-6H3,(H-,76,78,80,81)/p+1/b14-11-,22-19-,23-20-,30-28-,31-29-,35-34-,38-37-,44-42-,52-49-,61-58-,66-63-. The number of carbonyl (C=O) groups is 2. The molecule has 0 spiro atoms. The minimum atomic E-state index is -4.48. The Hall–Kier alpha value is -3.85. The van der Waals surface area contributed by atoms with E-state index < -0.39 is 20.0 Å². The zero-order valence-corrected chi connectivity index (χ0v) is 56.4. The van der Waals surface area contributed by atoms with Crippen LogP contribution >= 0.6 is 7.82 Å². The van der Waals surface area contributed by atoms with Crippen LogP contribution in [0.1, 0.15) is 278 Å². The van der Waals surface area contributed by atoms with E-state index >= 15 is 0 Å². The number of nitrogens with one attached hydrogen (secondary N) is 1. The van der Waals surface area contributed by atoms with Crippen molar-refractivity contribution in [2.45, 2.75) is 290 Å². The van der Waals surface area contributed by atoms with Gasteiger partial charge >= 0.3 is 13.8 Å². The van der Waals surface area contributed by atoms with E-state index in [9.17, 15) is 19.0 Å². The number of nitrogens with zero attached hydrogens (tertiary/aromatic N) is 1. The highest BCUT2D eigenvalue weighted by Crippen LogP contribution is 2.43. The fourth-order valence-corrected chi connectivity index (χ4v) is 10.0. The average Bonchev–Trinajstić information content (AvgIpc) is 3.50. The van der Waals surface area contributed by atoms with E-state index in [2.05, 4.69) is 142 Å². The largest absolute Gasteiger partial charge is 0.472 e. The van der Waals surface area contributed by atoms with Crippen molar-refractivity contribution in [2.24, 2.45) is 0 Å². The molecule has 0 rings (SSSR count). The fourth-order valence-electron chi connectivity index (χ4n) is 9.30. The maximum absolute atomic E-state index is 13.6. The molecule has 0 heterocycles. The summed E-state index contributed by atoms with van der Waals surface area (Å²) < 4.78 is 30.7. The van der Waals surface area contributed by atoms with E-state index in [1.165, 1.54) is 135 Å². The zero-order chi connectivity index (χ0) is 62.1. The number of hydrogen-bond donors (Lipinski definition) is 2. The lowest BCUT2D eigenvalue weighted by atomic mass is 10.0. The van der Waals surface area contributed by atoms with Crippen LogP contribution in [0.2, 0.25) is 0 Å². The van der Waals surface area contributed by atoms with E-state index in [0.29, 0.717) is 17.4 Å². The molecule has 3 unspecified atom stereocenters. The molecule has 486 valence electrons. The first-order valence-electron chi connectivity index (χ1n) is 34.5. The summed E-state index contributed by atoms with van der Waals surface area (Å²) in [6.07, 6.45) is 90.5. The summed E-state index contributed by atoms with van der Waals surface area (Å²) >= 11 is 0. The summed E-state index contributed by atoms with van der Waals surface area (Å²) in [5.41, 5.74) is 0. The zero-order valence-electron chi connectivity index (χ0n) is 55.6. The third-order valence-electron chi connectivity index (χ3n) is 14.6. The van der Waals surface area contributed by atoms with Crippen LogP contribution in [0, 0.1) is 0 Å². The van der Waals surface area contributed by atoms with Crippen LogP contribution in [0.5, 0.6) is 0 Å². The van der Waals surface area contributed by atoms with Crippen LogP contribution in [-0.4, -0.2) is 74.3 Å². The van der Waals surface area contributed by atoms with E-state index in [0.717, 1.165) is 103 Å². The van der Waals surface area contributed by atoms with Gasteiger partial charge in [-0.05, 0) is 115 Å². The minimum absolute atomic E-state index is 0.0197. The van der Waals surface area contributed by atoms with Crippen LogP contribution in [0.15, 0.2) is 134 Å². The fraction of sp³-hybridized carbons (Fsp3) is 0.680. The topological polar surface area (TPSA) is 111 Å². The van der Waals surface area contributed by atoms with Crippen molar-refractivity contribution in [2.75, 3.05) is 40.9 Å². The molecule has 10 heteroatoms. The van der Waals surface area contributed by atoms with Crippen LogP contribution in [0.25, 0.3) is 0 Å². The second kappa shape index (κ2) is 63.2. The average molecular weight is 1200 g/mol. The molecule has 85 heavy (non-hydrogen) atoms. The smallest absolute Gasteiger partial charge is 0.456 e. The first-order valence-corrected chi connectivity index (χ1v) is 36.0. The molecule has 0 bridgehead atoms. The first-order chi connectivity index (χ1) is 41.4. The number of amides is 1. The van der Waals surface area contributed by atoms with E-state index in [1.807, 2.05) is 39.4 Å². The molecule has 0 aliphatic carbocycles. The maximum Gasteiger partial charge on any atom is 0.472 e. The molecule has 0 aromatic rings. The quantitative estimate of drug-likeness (QED) is 0.0205. The van der Waals surface area contributed by atoms with Crippen LogP contribution in [0.3, 0.4) is 0 Å². The van der Waals surface area contributed by atoms with Crippen LogP contribution in [-0.2, 0) is 27.9 Å². The van der Waals surface area contributed by atoms with Crippen molar-refractivity contribution in [1.82, 2.24) is 5.32 Å². The molecule has 0 saturated carbocycles. The van der Waals surface area contributed by atoms with Gasteiger partial charge in [-0.2, -0.15) is 0 Å². The number of unbranched alkanes of at least 4 members (excludes halogenated alkanes) is 25. The number of quaternary nitrogens is 1. The Kier molecular flexibility index (Phi) is 60.3. The molecular formula is C75H130N2O7P+. The van der Waals surface area contributed by atoms with Gasteiger partial charge in [-0.15, -0.1) is 0 Å². The third-order valence-corrected chi connectivity index (χ3v) is 15.6. The molecule has 0 fully saturated rings. The van der Waals surface area contributed by atoms with Crippen molar-refractivity contribution in [3.05, 3.63) is 134 Å². The molecule has 0 aromatic carbocycles. The summed E-state index contributed by atoms with van der Waals surface area (Å²) in [7, 11) is 1.43. The number of phosphoric ester groups is 1. The number of likely N-dealkylation sites (N-methyl/N-ethyl adjacent to an activating group) is 1.